The maximum absolute atomic E-state index is 14.3. The summed E-state index contributed by atoms with van der Waals surface area (Å²) in [6.07, 6.45) is 0. The van der Waals surface area contributed by atoms with Gasteiger partial charge in [-0.25, -0.2) is 18.4 Å². The van der Waals surface area contributed by atoms with Gasteiger partial charge in [0.25, 0.3) is 0 Å². The Kier molecular flexibility index (Phi) is 8.28. The third-order valence-electron chi connectivity index (χ3n) is 4.94. The molecule has 0 saturated heterocycles. The molecule has 7 nitrogen and oxygen atoms in total. The molecule has 4 aromatic rings. The highest BCUT2D eigenvalue weighted by Gasteiger charge is 2.25. The van der Waals surface area contributed by atoms with Crippen LogP contribution in [0.15, 0.2) is 22.9 Å². The van der Waals surface area contributed by atoms with Crippen molar-refractivity contribution in [1.82, 2.24) is 9.55 Å². The van der Waals surface area contributed by atoms with Crippen LogP contribution in [-0.2, 0) is 20.9 Å². The molecule has 12 heteroatoms. The fourth-order valence-electron chi connectivity index (χ4n) is 3.11. The molecule has 184 valence electrons. The molecule has 0 unspecified atom stereocenters. The second-order valence-corrected chi connectivity index (χ2v) is 16.0. The Morgan fingerprint density at radius 1 is 1.00 bits per heavy atom. The van der Waals surface area contributed by atoms with Crippen molar-refractivity contribution in [2.75, 3.05) is 20.8 Å². The summed E-state index contributed by atoms with van der Waals surface area (Å²) in [5, 5.41) is 3.55. The number of methoxy groups -OCH3 is 2. The Bertz CT molecular complexity index is 1300. The molecule has 0 bridgehead atoms. The van der Waals surface area contributed by atoms with Crippen LogP contribution in [0.2, 0.25) is 25.7 Å². The molecule has 0 amide bonds. The number of halogens is 2. The molecule has 34 heavy (non-hydrogen) atoms. The van der Waals surface area contributed by atoms with Gasteiger partial charge in [-0.15, -0.1) is 22.7 Å². The van der Waals surface area contributed by atoms with Crippen molar-refractivity contribution in [3.05, 3.63) is 45.9 Å². The number of carbonyl (C=O) groups excluding carboxylic acids is 2. The number of nitrogens with one attached hydrogen (secondary N) is 1. The number of hydrogen-bond acceptors (Lipinski definition) is 7. The lowest BCUT2D eigenvalue weighted by Gasteiger charge is -2.16. The predicted octanol–water partition coefficient (Wildman–Crippen LogP) is 6.10. The zero-order chi connectivity index (χ0) is 25.0. The highest BCUT2D eigenvalue weighted by molar-refractivity contribution is 7.17. The number of aromatic nitrogens is 2. The van der Waals surface area contributed by atoms with Gasteiger partial charge in [-0.1, -0.05) is 19.6 Å². The summed E-state index contributed by atoms with van der Waals surface area (Å²) in [6.45, 7) is 7.57. The molecule has 0 atom stereocenters. The second-order valence-electron chi connectivity index (χ2n) is 8.53. The van der Waals surface area contributed by atoms with Crippen molar-refractivity contribution in [2.45, 2.75) is 32.4 Å². The van der Waals surface area contributed by atoms with E-state index < -0.39 is 31.6 Å². The summed E-state index contributed by atoms with van der Waals surface area (Å²) in [7, 11) is 1.30. The molecule has 0 fully saturated rings. The van der Waals surface area contributed by atoms with Crippen molar-refractivity contribution in [3.8, 4) is 0 Å². The highest BCUT2D eigenvalue weighted by Crippen LogP contribution is 2.30. The lowest BCUT2D eigenvalue weighted by molar-refractivity contribution is 0.0537. The van der Waals surface area contributed by atoms with E-state index >= 15 is 0 Å². The van der Waals surface area contributed by atoms with Gasteiger partial charge in [0.2, 0.25) is 0 Å². The number of rotatable bonds is 7. The number of ether oxygens (including phenoxy) is 3. The highest BCUT2D eigenvalue weighted by atomic mass is 32.1. The van der Waals surface area contributed by atoms with E-state index in [0.29, 0.717) is 27.0 Å². The van der Waals surface area contributed by atoms with E-state index in [1.54, 1.807) is 27.5 Å². The van der Waals surface area contributed by atoms with Gasteiger partial charge in [-0.2, -0.15) is 0 Å². The van der Waals surface area contributed by atoms with Crippen LogP contribution in [0.1, 0.15) is 21.0 Å². The maximum atomic E-state index is 14.3. The first-order valence-electron chi connectivity index (χ1n) is 10.3. The van der Waals surface area contributed by atoms with E-state index in [9.17, 15) is 18.4 Å². The predicted molar refractivity (Wildman–Crippen MR) is 133 cm³/mol. The topological polar surface area (TPSA) is 82.6 Å². The summed E-state index contributed by atoms with van der Waals surface area (Å²) < 4.78 is 44.9. The van der Waals surface area contributed by atoms with Gasteiger partial charge < -0.3 is 23.8 Å². The standard InChI is InChI=1S/C14H20FNO3SSi.C8H6FNO2S/c1-18-14(17)12-11(15)13-10(5-7-20-13)16(12)9-19-6-8-21(2,3)4;1-12-8(11)6-5(9)7-4(10-6)2-3-13-7/h5,7H,6,8-9H2,1-4H3;2-3,10H,1H3. The molecule has 4 heterocycles. The first-order valence-corrected chi connectivity index (χ1v) is 15.8. The van der Waals surface area contributed by atoms with Crippen LogP contribution < -0.4 is 0 Å². The van der Waals surface area contributed by atoms with Gasteiger partial charge >= 0.3 is 11.9 Å². The molecule has 0 radical (unpaired) electrons. The second kappa shape index (κ2) is 10.8. The molecule has 4 aromatic heterocycles. The summed E-state index contributed by atoms with van der Waals surface area (Å²) in [5.41, 5.74) is 1.13. The monoisotopic (exact) mass is 528 g/mol. The van der Waals surface area contributed by atoms with E-state index in [2.05, 4.69) is 34.1 Å². The number of esters is 2. The number of H-pyrrole nitrogens is 1. The summed E-state index contributed by atoms with van der Waals surface area (Å²) >= 11 is 2.52. The van der Waals surface area contributed by atoms with Crippen molar-refractivity contribution in [3.63, 3.8) is 0 Å². The largest absolute Gasteiger partial charge is 0.464 e. The molecule has 0 aliphatic heterocycles. The van der Waals surface area contributed by atoms with Gasteiger partial charge in [0, 0.05) is 14.7 Å². The van der Waals surface area contributed by atoms with Crippen molar-refractivity contribution in [1.29, 1.82) is 0 Å². The lowest BCUT2D eigenvalue weighted by Crippen LogP contribution is -2.22. The van der Waals surface area contributed by atoms with Gasteiger partial charge in [-0.3, -0.25) is 0 Å². The van der Waals surface area contributed by atoms with E-state index in [0.717, 1.165) is 6.04 Å². The fraction of sp³-hybridized carbons (Fsp3) is 0.364. The minimum absolute atomic E-state index is 0.0626. The van der Waals surface area contributed by atoms with E-state index in [-0.39, 0.29) is 18.1 Å². The maximum Gasteiger partial charge on any atom is 0.357 e. The Labute approximate surface area is 204 Å². The Hall–Kier alpha value is -2.54. The zero-order valence-electron chi connectivity index (χ0n) is 19.5. The van der Waals surface area contributed by atoms with Crippen LogP contribution in [0, 0.1) is 11.6 Å². The minimum atomic E-state index is -1.17. The van der Waals surface area contributed by atoms with Gasteiger partial charge in [0.1, 0.15) is 6.73 Å². The smallest absolute Gasteiger partial charge is 0.357 e. The number of hydrogen-bond donors (Lipinski definition) is 1. The van der Waals surface area contributed by atoms with Crippen LogP contribution in [0.5, 0.6) is 0 Å². The first kappa shape index (κ1) is 26.1. The van der Waals surface area contributed by atoms with Crippen LogP contribution in [-0.4, -0.2) is 50.4 Å². The summed E-state index contributed by atoms with van der Waals surface area (Å²) in [4.78, 5) is 25.5. The number of nitrogens with zero attached hydrogens (tertiary/aromatic N) is 1. The van der Waals surface area contributed by atoms with Crippen LogP contribution in [0.3, 0.4) is 0 Å². The van der Waals surface area contributed by atoms with Gasteiger partial charge in [0.15, 0.2) is 23.0 Å². The minimum Gasteiger partial charge on any atom is -0.464 e. The number of fused-ring (bicyclic) bond motifs is 2. The van der Waals surface area contributed by atoms with E-state index in [1.165, 1.54) is 36.9 Å². The molecule has 4 rings (SSSR count). The third kappa shape index (κ3) is 5.57. The van der Waals surface area contributed by atoms with Gasteiger partial charge in [-0.05, 0) is 28.9 Å². The molecule has 0 saturated carbocycles. The SMILES string of the molecule is COC(=O)c1[nH]c2ccsc2c1F.COC(=O)c1c(F)c2sccc2n1COCC[Si](C)(C)C. The average molecular weight is 529 g/mol. The molecule has 0 aliphatic carbocycles. The van der Waals surface area contributed by atoms with Crippen molar-refractivity contribution in [2.24, 2.45) is 0 Å². The van der Waals surface area contributed by atoms with E-state index in [4.69, 9.17) is 4.74 Å². The average Bonchev–Trinajstić information content (AvgIpc) is 3.55. The number of thiophene rings is 2. The molecule has 0 aromatic carbocycles. The fourth-order valence-corrected chi connectivity index (χ4v) is 5.49. The molecular weight excluding hydrogens is 502 g/mol. The quantitative estimate of drug-likeness (QED) is 0.178. The summed E-state index contributed by atoms with van der Waals surface area (Å²) in [6, 6.07) is 4.53. The number of aromatic amines is 1. The van der Waals surface area contributed by atoms with Crippen molar-refractivity contribution < 1.29 is 32.6 Å². The molecule has 0 spiro atoms. The van der Waals surface area contributed by atoms with Crippen LogP contribution >= 0.6 is 22.7 Å². The van der Waals surface area contributed by atoms with Gasteiger partial charge in [0.05, 0.1) is 34.7 Å². The van der Waals surface area contributed by atoms with E-state index in [1.807, 2.05) is 0 Å². The summed E-state index contributed by atoms with van der Waals surface area (Å²) in [5.74, 6) is -2.41. The van der Waals surface area contributed by atoms with Crippen LogP contribution in [0.25, 0.3) is 20.4 Å². The normalized spacial score (nSPS) is 11.5. The van der Waals surface area contributed by atoms with Crippen molar-refractivity contribution >= 4 is 63.1 Å². The number of carbonyl (C=O) groups is 2. The molecule has 1 N–H and O–H groups in total. The zero-order valence-corrected chi connectivity index (χ0v) is 22.1. The molecular formula is C22H26F2N2O5S2Si. The van der Waals surface area contributed by atoms with Crippen LogP contribution in [0.4, 0.5) is 8.78 Å². The Morgan fingerprint density at radius 3 is 2.26 bits per heavy atom. The Balaban J connectivity index is 0.000000212. The first-order chi connectivity index (χ1) is 16.1. The lowest BCUT2D eigenvalue weighted by atomic mass is 10.4. The molecule has 0 aliphatic rings. The Morgan fingerprint density at radius 2 is 1.65 bits per heavy atom. The third-order valence-corrected chi connectivity index (χ3v) is 8.45.